The predicted octanol–water partition coefficient (Wildman–Crippen LogP) is 0.417. The average Bonchev–Trinajstić information content (AvgIpc) is 1.33. The standard InChI is InChI=1S/CH2Cl2.O3S/c2-1-3;1-4(2)3/h1H2;. The number of halogens is 2. The van der Waals surface area contributed by atoms with E-state index in [1.807, 2.05) is 0 Å². The van der Waals surface area contributed by atoms with Crippen LogP contribution in [0.1, 0.15) is 0 Å². The molecule has 0 bridgehead atoms. The SMILES string of the molecule is ClCCl.O=S(=O)=O. The van der Waals surface area contributed by atoms with Gasteiger partial charge in [-0.15, -0.1) is 35.8 Å². The van der Waals surface area contributed by atoms with Crippen LogP contribution in [0.25, 0.3) is 0 Å². The first kappa shape index (κ1) is 10.2. The smallest absolute Gasteiger partial charge is 0.142 e. The Hall–Kier alpha value is 0.200. The maximum absolute atomic E-state index is 8.44. The van der Waals surface area contributed by atoms with Crippen LogP contribution in [0.15, 0.2) is 0 Å². The van der Waals surface area contributed by atoms with E-state index >= 15 is 0 Å². The van der Waals surface area contributed by atoms with Gasteiger partial charge in [-0.3, -0.25) is 0 Å². The Morgan fingerprint density at radius 2 is 1.14 bits per heavy atom. The van der Waals surface area contributed by atoms with Gasteiger partial charge in [0.05, 0.1) is 5.34 Å². The molecule has 6 heteroatoms. The highest BCUT2D eigenvalue weighted by molar-refractivity contribution is 7.59. The summed E-state index contributed by atoms with van der Waals surface area (Å²) in [4.78, 5) is 0. The van der Waals surface area contributed by atoms with Gasteiger partial charge in [-0.2, -0.15) is 0 Å². The third-order valence-corrected chi connectivity index (χ3v) is 0. The summed E-state index contributed by atoms with van der Waals surface area (Å²) in [5.41, 5.74) is 0. The summed E-state index contributed by atoms with van der Waals surface area (Å²) >= 11 is 9.53. The third-order valence-electron chi connectivity index (χ3n) is 0. The summed E-state index contributed by atoms with van der Waals surface area (Å²) in [5, 5.41) is 0.194. The van der Waals surface area contributed by atoms with Crippen LogP contribution in [0.3, 0.4) is 0 Å². The molecule has 0 aliphatic heterocycles. The van der Waals surface area contributed by atoms with E-state index in [4.69, 9.17) is 35.8 Å². The Labute approximate surface area is 52.3 Å². The summed E-state index contributed by atoms with van der Waals surface area (Å²) in [7, 11) is -3.11. The van der Waals surface area contributed by atoms with Gasteiger partial charge in [-0.25, -0.2) is 0 Å². The molecule has 0 aromatic rings. The molecule has 0 amide bonds. The molecule has 3 nitrogen and oxygen atoms in total. The molecule has 0 heterocycles. The van der Waals surface area contributed by atoms with Crippen LogP contribution in [0.2, 0.25) is 0 Å². The van der Waals surface area contributed by atoms with E-state index in [1.165, 1.54) is 0 Å². The van der Waals surface area contributed by atoms with Gasteiger partial charge in [0.2, 0.25) is 0 Å². The van der Waals surface area contributed by atoms with Gasteiger partial charge in [0.25, 0.3) is 0 Å². The van der Waals surface area contributed by atoms with Gasteiger partial charge in [0, 0.05) is 0 Å². The molecule has 0 fully saturated rings. The van der Waals surface area contributed by atoms with Crippen molar-refractivity contribution >= 4 is 33.8 Å². The van der Waals surface area contributed by atoms with E-state index < -0.39 is 10.6 Å². The van der Waals surface area contributed by atoms with Gasteiger partial charge in [0.1, 0.15) is 0 Å². The minimum absolute atomic E-state index is 0.194. The summed E-state index contributed by atoms with van der Waals surface area (Å²) < 4.78 is 25.3. The van der Waals surface area contributed by atoms with E-state index in [9.17, 15) is 0 Å². The van der Waals surface area contributed by atoms with Gasteiger partial charge in [-0.1, -0.05) is 0 Å². The van der Waals surface area contributed by atoms with Gasteiger partial charge in [0.15, 0.2) is 0 Å². The zero-order valence-corrected chi connectivity index (χ0v) is 5.42. The fraction of sp³-hybridized carbons (Fsp3) is 1.00. The van der Waals surface area contributed by atoms with E-state index in [0.29, 0.717) is 0 Å². The fourth-order valence-corrected chi connectivity index (χ4v) is 0. The van der Waals surface area contributed by atoms with Gasteiger partial charge >= 0.3 is 10.6 Å². The second-order valence-corrected chi connectivity index (χ2v) is 1.52. The minimum Gasteiger partial charge on any atom is -0.142 e. The number of hydrogen-bond acceptors (Lipinski definition) is 3. The van der Waals surface area contributed by atoms with Gasteiger partial charge in [-0.05, 0) is 0 Å². The van der Waals surface area contributed by atoms with Crippen molar-refractivity contribution < 1.29 is 12.6 Å². The highest BCUT2D eigenvalue weighted by Gasteiger charge is 1.41. The molecule has 0 aliphatic rings. The molecule has 0 rings (SSSR count). The summed E-state index contributed by atoms with van der Waals surface area (Å²) in [6, 6.07) is 0. The highest BCUT2D eigenvalue weighted by atomic mass is 35.5. The summed E-state index contributed by atoms with van der Waals surface area (Å²) in [6.45, 7) is 0. The Bertz CT molecular complexity index is 93.1. The van der Waals surface area contributed by atoms with Crippen LogP contribution in [0, 0.1) is 0 Å². The predicted molar refractivity (Wildman–Crippen MR) is 26.3 cm³/mol. The Morgan fingerprint density at radius 1 is 1.14 bits per heavy atom. The van der Waals surface area contributed by atoms with Crippen molar-refractivity contribution in [2.45, 2.75) is 0 Å². The van der Waals surface area contributed by atoms with E-state index in [1.54, 1.807) is 0 Å². The van der Waals surface area contributed by atoms with Crippen molar-refractivity contribution in [1.82, 2.24) is 0 Å². The molecule has 0 atom stereocenters. The molecule has 0 aromatic heterocycles. The van der Waals surface area contributed by atoms with Crippen molar-refractivity contribution in [1.29, 1.82) is 0 Å². The molecule has 0 aliphatic carbocycles. The largest absolute Gasteiger partial charge is 0.425 e. The fourth-order valence-electron chi connectivity index (χ4n) is 0. The zero-order chi connectivity index (χ0) is 6.28. The third kappa shape index (κ3) is 2730. The lowest BCUT2D eigenvalue weighted by molar-refractivity contribution is 0.559. The Kier molecular flexibility index (Phi) is 13.9. The molecule has 0 aromatic carbocycles. The molecule has 0 radical (unpaired) electrons. The van der Waals surface area contributed by atoms with Gasteiger partial charge < -0.3 is 0 Å². The molecule has 0 N–H and O–H groups in total. The van der Waals surface area contributed by atoms with Crippen molar-refractivity contribution in [3.8, 4) is 0 Å². The highest BCUT2D eigenvalue weighted by Crippen LogP contribution is 1.73. The normalized spacial score (nSPS) is 6.00. The van der Waals surface area contributed by atoms with Crippen LogP contribution >= 0.6 is 23.2 Å². The summed E-state index contributed by atoms with van der Waals surface area (Å²) in [6.07, 6.45) is 0. The first-order valence-electron chi connectivity index (χ1n) is 1.03. The Balaban J connectivity index is 0. The quantitative estimate of drug-likeness (QED) is 0.488. The molecular weight excluding hydrogens is 163 g/mol. The zero-order valence-electron chi connectivity index (χ0n) is 3.10. The van der Waals surface area contributed by atoms with Crippen LogP contribution in [0.5, 0.6) is 0 Å². The monoisotopic (exact) mass is 164 g/mol. The van der Waals surface area contributed by atoms with Crippen molar-refractivity contribution in [3.63, 3.8) is 0 Å². The second kappa shape index (κ2) is 9.50. The number of hydrogen-bond donors (Lipinski definition) is 0. The number of rotatable bonds is 0. The van der Waals surface area contributed by atoms with E-state index in [0.717, 1.165) is 0 Å². The topological polar surface area (TPSA) is 51.2 Å². The lowest BCUT2D eigenvalue weighted by atomic mass is 11.9. The van der Waals surface area contributed by atoms with Crippen LogP contribution in [0.4, 0.5) is 0 Å². The average molecular weight is 165 g/mol. The maximum atomic E-state index is 8.44. The van der Waals surface area contributed by atoms with E-state index in [2.05, 4.69) is 0 Å². The van der Waals surface area contributed by atoms with E-state index in [-0.39, 0.29) is 5.34 Å². The lowest BCUT2D eigenvalue weighted by Gasteiger charge is -1.42. The molecule has 44 valence electrons. The second-order valence-electron chi connectivity index (χ2n) is 0.305. The molecule has 0 spiro atoms. The van der Waals surface area contributed by atoms with Crippen LogP contribution in [-0.4, -0.2) is 18.0 Å². The lowest BCUT2D eigenvalue weighted by Crippen LogP contribution is -1.40. The van der Waals surface area contributed by atoms with Crippen molar-refractivity contribution in [2.24, 2.45) is 0 Å². The molecule has 0 saturated carbocycles. The molecule has 7 heavy (non-hydrogen) atoms. The Morgan fingerprint density at radius 3 is 1.14 bits per heavy atom. The summed E-state index contributed by atoms with van der Waals surface area (Å²) in [5.74, 6) is 0. The van der Waals surface area contributed by atoms with Crippen molar-refractivity contribution in [2.75, 3.05) is 5.34 Å². The van der Waals surface area contributed by atoms with Crippen LogP contribution < -0.4 is 0 Å². The first-order valence-corrected chi connectivity index (χ1v) is 3.10. The van der Waals surface area contributed by atoms with Crippen molar-refractivity contribution in [3.05, 3.63) is 0 Å². The maximum Gasteiger partial charge on any atom is 0.425 e. The molecule has 0 unspecified atom stereocenters. The first-order chi connectivity index (χ1) is 3.15. The minimum atomic E-state index is -3.11. The molecular formula is CH2Cl2O3S. The molecule has 0 saturated heterocycles. The van der Waals surface area contributed by atoms with Crippen LogP contribution in [-0.2, 0) is 10.6 Å². The number of alkyl halides is 2.